The Labute approximate surface area is 135 Å². The summed E-state index contributed by atoms with van der Waals surface area (Å²) < 4.78 is 56.0. The van der Waals surface area contributed by atoms with Gasteiger partial charge in [0.25, 0.3) is 0 Å². The summed E-state index contributed by atoms with van der Waals surface area (Å²) in [5.74, 6) is -2.05. The number of hydrogen-bond acceptors (Lipinski definition) is 4. The van der Waals surface area contributed by atoms with Crippen LogP contribution in [0.1, 0.15) is 25.3 Å². The van der Waals surface area contributed by atoms with E-state index in [9.17, 15) is 17.2 Å². The third-order valence-electron chi connectivity index (χ3n) is 4.01. The van der Waals surface area contributed by atoms with Crippen molar-refractivity contribution in [2.24, 2.45) is 5.92 Å². The third kappa shape index (κ3) is 5.04. The van der Waals surface area contributed by atoms with Crippen molar-refractivity contribution in [2.75, 3.05) is 18.7 Å². The van der Waals surface area contributed by atoms with Crippen LogP contribution in [0.2, 0.25) is 0 Å². The van der Waals surface area contributed by atoms with Crippen LogP contribution in [0, 0.1) is 5.92 Å². The first-order valence-corrected chi connectivity index (χ1v) is 9.25. The highest BCUT2D eigenvalue weighted by molar-refractivity contribution is 7.88. The lowest BCUT2D eigenvalue weighted by atomic mass is 9.77. The summed E-state index contributed by atoms with van der Waals surface area (Å²) in [7, 11) is -1.76. The van der Waals surface area contributed by atoms with Crippen LogP contribution in [0.3, 0.4) is 0 Å². The van der Waals surface area contributed by atoms with Crippen molar-refractivity contribution >= 4 is 15.7 Å². The molecular formula is C15H22F2N2O3S. The minimum atomic E-state index is -3.28. The van der Waals surface area contributed by atoms with Crippen molar-refractivity contribution in [1.82, 2.24) is 4.72 Å². The molecule has 1 aliphatic rings. The maximum Gasteiger partial charge on any atom is 0.248 e. The Hall–Kier alpha value is -1.41. The lowest BCUT2D eigenvalue weighted by Gasteiger charge is -2.39. The van der Waals surface area contributed by atoms with Crippen molar-refractivity contribution in [1.29, 1.82) is 0 Å². The molecule has 0 saturated heterocycles. The lowest BCUT2D eigenvalue weighted by molar-refractivity contribution is -0.113. The molecular weight excluding hydrogens is 326 g/mol. The lowest BCUT2D eigenvalue weighted by Crippen LogP contribution is -2.43. The number of ether oxygens (including phenoxy) is 1. The molecule has 0 bridgehead atoms. The van der Waals surface area contributed by atoms with Gasteiger partial charge in [-0.1, -0.05) is 6.07 Å². The summed E-state index contributed by atoms with van der Waals surface area (Å²) >= 11 is 0. The fraction of sp³-hybridized carbons (Fsp3) is 0.600. The van der Waals surface area contributed by atoms with Gasteiger partial charge in [-0.15, -0.1) is 0 Å². The number of halogens is 2. The number of alkyl halides is 2. The molecule has 0 heterocycles. The molecule has 8 heteroatoms. The van der Waals surface area contributed by atoms with Gasteiger partial charge in [-0.3, -0.25) is 0 Å². The van der Waals surface area contributed by atoms with E-state index >= 15 is 0 Å². The fourth-order valence-electron chi connectivity index (χ4n) is 2.62. The summed E-state index contributed by atoms with van der Waals surface area (Å²) in [6.07, 6.45) is 0.867. The standard InChI is InChI=1S/C15H22F2N2O3S/c1-10(12-7-15(16,17)8-12)19-13-6-11(4-5-14(13)22-2)9-18-23(3,20)21/h4-6,10,12,18-19H,7-9H2,1-3H3. The number of rotatable bonds is 7. The maximum absolute atomic E-state index is 13.0. The molecule has 5 nitrogen and oxygen atoms in total. The van der Waals surface area contributed by atoms with Crippen LogP contribution in [-0.2, 0) is 16.6 Å². The normalized spacial score (nSPS) is 19.0. The SMILES string of the molecule is COc1ccc(CNS(C)(=O)=O)cc1NC(C)C1CC(F)(F)C1. The van der Waals surface area contributed by atoms with E-state index in [1.54, 1.807) is 18.2 Å². The van der Waals surface area contributed by atoms with Crippen LogP contribution in [0.5, 0.6) is 5.75 Å². The predicted molar refractivity (Wildman–Crippen MR) is 85.4 cm³/mol. The molecule has 0 spiro atoms. The van der Waals surface area contributed by atoms with Crippen LogP contribution < -0.4 is 14.8 Å². The van der Waals surface area contributed by atoms with E-state index in [1.807, 2.05) is 6.92 Å². The Morgan fingerprint density at radius 2 is 2.04 bits per heavy atom. The van der Waals surface area contributed by atoms with Gasteiger partial charge < -0.3 is 10.1 Å². The van der Waals surface area contributed by atoms with E-state index in [-0.39, 0.29) is 31.3 Å². The van der Waals surface area contributed by atoms with E-state index in [1.165, 1.54) is 7.11 Å². The van der Waals surface area contributed by atoms with Gasteiger partial charge in [0.1, 0.15) is 5.75 Å². The van der Waals surface area contributed by atoms with Gasteiger partial charge in [0.05, 0.1) is 19.1 Å². The molecule has 1 fully saturated rings. The molecule has 23 heavy (non-hydrogen) atoms. The first kappa shape index (κ1) is 17.9. The van der Waals surface area contributed by atoms with E-state index < -0.39 is 15.9 Å². The summed E-state index contributed by atoms with van der Waals surface area (Å²) in [5, 5.41) is 3.20. The number of benzene rings is 1. The summed E-state index contributed by atoms with van der Waals surface area (Å²) in [6, 6.07) is 5.12. The average Bonchev–Trinajstić information content (AvgIpc) is 2.42. The second-order valence-corrected chi connectivity index (χ2v) is 7.92. The van der Waals surface area contributed by atoms with Crippen molar-refractivity contribution in [2.45, 2.75) is 38.3 Å². The van der Waals surface area contributed by atoms with Crippen LogP contribution in [0.25, 0.3) is 0 Å². The van der Waals surface area contributed by atoms with Crippen LogP contribution in [0.15, 0.2) is 18.2 Å². The molecule has 0 aliphatic heterocycles. The number of nitrogens with one attached hydrogen (secondary N) is 2. The van der Waals surface area contributed by atoms with E-state index in [0.29, 0.717) is 11.4 Å². The Balaban J connectivity index is 2.06. The first-order valence-electron chi connectivity index (χ1n) is 7.35. The highest BCUT2D eigenvalue weighted by atomic mass is 32.2. The van der Waals surface area contributed by atoms with Gasteiger partial charge in [0, 0.05) is 25.4 Å². The van der Waals surface area contributed by atoms with Crippen molar-refractivity contribution < 1.29 is 21.9 Å². The minimum absolute atomic E-state index is 0.0903. The van der Waals surface area contributed by atoms with Crippen LogP contribution in [-0.4, -0.2) is 33.7 Å². The zero-order valence-corrected chi connectivity index (χ0v) is 14.2. The van der Waals surface area contributed by atoms with Crippen molar-refractivity contribution in [3.05, 3.63) is 23.8 Å². The van der Waals surface area contributed by atoms with Gasteiger partial charge >= 0.3 is 0 Å². The molecule has 1 unspecified atom stereocenters. The summed E-state index contributed by atoms with van der Waals surface area (Å²) in [6.45, 7) is 2.02. The van der Waals surface area contributed by atoms with Crippen LogP contribution in [0.4, 0.5) is 14.5 Å². The molecule has 1 aromatic carbocycles. The maximum atomic E-state index is 13.0. The third-order valence-corrected chi connectivity index (χ3v) is 4.68. The molecule has 0 aromatic heterocycles. The molecule has 0 amide bonds. The van der Waals surface area contributed by atoms with E-state index in [4.69, 9.17) is 4.74 Å². The molecule has 130 valence electrons. The topological polar surface area (TPSA) is 67.4 Å². The van der Waals surface area contributed by atoms with Gasteiger partial charge in [-0.05, 0) is 30.5 Å². The highest BCUT2D eigenvalue weighted by Crippen LogP contribution is 2.45. The largest absolute Gasteiger partial charge is 0.495 e. The predicted octanol–water partition coefficient (Wildman–Crippen LogP) is 2.59. The summed E-state index contributed by atoms with van der Waals surface area (Å²) in [5.41, 5.74) is 1.42. The fourth-order valence-corrected chi connectivity index (χ4v) is 3.05. The Morgan fingerprint density at radius 3 is 2.57 bits per heavy atom. The molecule has 1 aliphatic carbocycles. The second kappa shape index (κ2) is 6.60. The Bertz CT molecular complexity index is 657. The number of hydrogen-bond donors (Lipinski definition) is 2. The molecule has 2 rings (SSSR count). The number of methoxy groups -OCH3 is 1. The molecule has 0 radical (unpaired) electrons. The zero-order chi connectivity index (χ0) is 17.3. The van der Waals surface area contributed by atoms with Gasteiger partial charge in [0.15, 0.2) is 0 Å². The zero-order valence-electron chi connectivity index (χ0n) is 13.4. The molecule has 1 aromatic rings. The quantitative estimate of drug-likeness (QED) is 0.795. The van der Waals surface area contributed by atoms with E-state index in [0.717, 1.165) is 11.8 Å². The highest BCUT2D eigenvalue weighted by Gasteiger charge is 2.47. The number of sulfonamides is 1. The number of anilines is 1. The molecule has 1 atom stereocenters. The average molecular weight is 348 g/mol. The first-order chi connectivity index (χ1) is 10.6. The Morgan fingerprint density at radius 1 is 1.39 bits per heavy atom. The van der Waals surface area contributed by atoms with Gasteiger partial charge in [-0.2, -0.15) is 0 Å². The molecule has 2 N–H and O–H groups in total. The monoisotopic (exact) mass is 348 g/mol. The van der Waals surface area contributed by atoms with Gasteiger partial charge in [-0.25, -0.2) is 21.9 Å². The minimum Gasteiger partial charge on any atom is -0.495 e. The van der Waals surface area contributed by atoms with Crippen molar-refractivity contribution in [3.8, 4) is 5.75 Å². The van der Waals surface area contributed by atoms with E-state index in [2.05, 4.69) is 10.0 Å². The van der Waals surface area contributed by atoms with Crippen LogP contribution >= 0.6 is 0 Å². The smallest absolute Gasteiger partial charge is 0.248 e. The van der Waals surface area contributed by atoms with Gasteiger partial charge in [0.2, 0.25) is 15.9 Å². The summed E-state index contributed by atoms with van der Waals surface area (Å²) in [4.78, 5) is 0. The Kier molecular flexibility index (Phi) is 5.15. The van der Waals surface area contributed by atoms with Crippen molar-refractivity contribution in [3.63, 3.8) is 0 Å². The molecule has 1 saturated carbocycles. The second-order valence-electron chi connectivity index (χ2n) is 6.09.